The molecule has 2 atom stereocenters. The van der Waals surface area contributed by atoms with E-state index in [0.29, 0.717) is 19.7 Å². The molecule has 3 fully saturated rings. The molecule has 3 heterocycles. The van der Waals surface area contributed by atoms with Gasteiger partial charge in [-0.25, -0.2) is 8.78 Å². The third kappa shape index (κ3) is 3.34. The van der Waals surface area contributed by atoms with E-state index in [4.69, 9.17) is 4.74 Å². The minimum atomic E-state index is -2.64. The first kappa shape index (κ1) is 16.4. The van der Waals surface area contributed by atoms with E-state index in [2.05, 4.69) is 21.7 Å². The molecule has 0 unspecified atom stereocenters. The van der Waals surface area contributed by atoms with Crippen LogP contribution in [0.5, 0.6) is 0 Å². The van der Waals surface area contributed by atoms with Crippen molar-refractivity contribution in [1.29, 1.82) is 0 Å². The molecule has 4 nitrogen and oxygen atoms in total. The van der Waals surface area contributed by atoms with Crippen LogP contribution in [0.25, 0.3) is 0 Å². The third-order valence-electron chi connectivity index (χ3n) is 5.35. The molecular formula is C17H22F2N2O2S. The van der Waals surface area contributed by atoms with Crippen LogP contribution in [0, 0.1) is 11.8 Å². The number of likely N-dealkylation sites (tertiary alicyclic amines) is 1. The van der Waals surface area contributed by atoms with Gasteiger partial charge in [-0.3, -0.25) is 9.69 Å². The van der Waals surface area contributed by atoms with Gasteiger partial charge < -0.3 is 9.64 Å². The predicted molar refractivity (Wildman–Crippen MR) is 87.1 cm³/mol. The molecule has 2 saturated heterocycles. The lowest BCUT2D eigenvalue weighted by molar-refractivity contribution is -0.159. The number of thiophene rings is 1. The van der Waals surface area contributed by atoms with E-state index in [0.717, 1.165) is 19.6 Å². The van der Waals surface area contributed by atoms with Crippen molar-refractivity contribution in [3.63, 3.8) is 0 Å². The number of ether oxygens (including phenoxy) is 1. The second-order valence-electron chi connectivity index (χ2n) is 7.24. The maximum Gasteiger partial charge on any atom is 0.249 e. The molecule has 0 spiro atoms. The van der Waals surface area contributed by atoms with Crippen molar-refractivity contribution >= 4 is 17.2 Å². The zero-order valence-electron chi connectivity index (χ0n) is 13.5. The summed E-state index contributed by atoms with van der Waals surface area (Å²) in [5.41, 5.74) is 1.31. The number of amides is 1. The number of carbonyl (C=O) groups excluding carboxylic acids is 1. The number of fused-ring (bicyclic) bond motifs is 1. The highest BCUT2D eigenvalue weighted by atomic mass is 32.1. The molecular weight excluding hydrogens is 334 g/mol. The van der Waals surface area contributed by atoms with Crippen molar-refractivity contribution in [3.8, 4) is 0 Å². The SMILES string of the molecule is O=C(C1CC(F)(F)C1)N1C[C@@H]2CN(Cc3ccsc3)CCO[C@@H]2C1. The number of halogens is 2. The van der Waals surface area contributed by atoms with Crippen molar-refractivity contribution in [2.24, 2.45) is 11.8 Å². The molecule has 3 aliphatic rings. The van der Waals surface area contributed by atoms with E-state index in [-0.39, 0.29) is 30.8 Å². The third-order valence-corrected chi connectivity index (χ3v) is 6.08. The number of carbonyl (C=O) groups is 1. The summed E-state index contributed by atoms with van der Waals surface area (Å²) in [7, 11) is 0. The molecule has 132 valence electrons. The summed E-state index contributed by atoms with van der Waals surface area (Å²) in [6.07, 6.45) is -0.534. The van der Waals surface area contributed by atoms with Crippen LogP contribution in [0.15, 0.2) is 16.8 Å². The Labute approximate surface area is 144 Å². The smallest absolute Gasteiger partial charge is 0.249 e. The van der Waals surface area contributed by atoms with Gasteiger partial charge in [0.05, 0.1) is 12.7 Å². The summed E-state index contributed by atoms with van der Waals surface area (Å²) >= 11 is 1.70. The average Bonchev–Trinajstić information content (AvgIpc) is 3.11. The summed E-state index contributed by atoms with van der Waals surface area (Å²) in [4.78, 5) is 16.5. The van der Waals surface area contributed by atoms with Crippen LogP contribution >= 0.6 is 11.3 Å². The first-order chi connectivity index (χ1) is 11.5. The number of alkyl halides is 2. The Hall–Kier alpha value is -1.05. The Morgan fingerprint density at radius 3 is 2.88 bits per heavy atom. The summed E-state index contributed by atoms with van der Waals surface area (Å²) in [6, 6.07) is 2.13. The van der Waals surface area contributed by atoms with Crippen molar-refractivity contribution in [2.75, 3.05) is 32.8 Å². The van der Waals surface area contributed by atoms with Gasteiger partial charge >= 0.3 is 0 Å². The molecule has 1 aromatic heterocycles. The standard InChI is InChI=1S/C17H22F2N2O2S/c18-17(19)5-13(6-17)16(22)21-9-14-8-20(2-3-23-15(14)10-21)7-12-1-4-24-11-12/h1,4,11,13-15H,2-3,5-10H2/t14-,15+/m0/s1. The molecule has 0 radical (unpaired) electrons. The van der Waals surface area contributed by atoms with Gasteiger partial charge in [-0.05, 0) is 22.4 Å². The van der Waals surface area contributed by atoms with E-state index in [9.17, 15) is 13.6 Å². The van der Waals surface area contributed by atoms with Gasteiger partial charge in [0.1, 0.15) is 0 Å². The molecule has 7 heteroatoms. The van der Waals surface area contributed by atoms with Gasteiger partial charge in [-0.2, -0.15) is 11.3 Å². The summed E-state index contributed by atoms with van der Waals surface area (Å²) in [5.74, 6) is -2.97. The van der Waals surface area contributed by atoms with E-state index in [1.807, 2.05) is 0 Å². The van der Waals surface area contributed by atoms with E-state index in [1.54, 1.807) is 16.2 Å². The Morgan fingerprint density at radius 2 is 2.17 bits per heavy atom. The molecule has 2 aliphatic heterocycles. The number of rotatable bonds is 3. The Balaban J connectivity index is 1.35. The minimum absolute atomic E-state index is 0.0435. The minimum Gasteiger partial charge on any atom is -0.375 e. The summed E-state index contributed by atoms with van der Waals surface area (Å²) in [5, 5.41) is 4.24. The first-order valence-electron chi connectivity index (χ1n) is 8.52. The number of nitrogens with zero attached hydrogens (tertiary/aromatic N) is 2. The number of hydrogen-bond donors (Lipinski definition) is 0. The molecule has 0 bridgehead atoms. The second-order valence-corrected chi connectivity index (χ2v) is 8.02. The van der Waals surface area contributed by atoms with Crippen LogP contribution in [0.2, 0.25) is 0 Å². The van der Waals surface area contributed by atoms with Crippen LogP contribution in [0.4, 0.5) is 8.78 Å². The normalized spacial score (nSPS) is 30.7. The lowest BCUT2D eigenvalue weighted by Crippen LogP contribution is -2.46. The molecule has 1 aliphatic carbocycles. The number of hydrogen-bond acceptors (Lipinski definition) is 4. The molecule has 0 aromatic carbocycles. The fraction of sp³-hybridized carbons (Fsp3) is 0.706. The quantitative estimate of drug-likeness (QED) is 0.834. The molecule has 1 aromatic rings. The summed E-state index contributed by atoms with van der Waals surface area (Å²) < 4.78 is 32.0. The van der Waals surface area contributed by atoms with Crippen LogP contribution in [0.3, 0.4) is 0 Å². The maximum atomic E-state index is 13.0. The highest BCUT2D eigenvalue weighted by Gasteiger charge is 2.51. The molecule has 4 rings (SSSR count). The zero-order chi connectivity index (χ0) is 16.7. The molecule has 1 saturated carbocycles. The highest BCUT2D eigenvalue weighted by Crippen LogP contribution is 2.43. The lowest BCUT2D eigenvalue weighted by Gasteiger charge is -2.36. The van der Waals surface area contributed by atoms with E-state index >= 15 is 0 Å². The van der Waals surface area contributed by atoms with Gasteiger partial charge in [-0.15, -0.1) is 0 Å². The van der Waals surface area contributed by atoms with Crippen LogP contribution in [0.1, 0.15) is 18.4 Å². The highest BCUT2D eigenvalue weighted by molar-refractivity contribution is 7.07. The fourth-order valence-electron chi connectivity index (χ4n) is 4.02. The van der Waals surface area contributed by atoms with Crippen LogP contribution < -0.4 is 0 Å². The predicted octanol–water partition coefficient (Wildman–Crippen LogP) is 2.45. The Bertz CT molecular complexity index is 587. The van der Waals surface area contributed by atoms with Crippen molar-refractivity contribution in [3.05, 3.63) is 22.4 Å². The van der Waals surface area contributed by atoms with Crippen molar-refractivity contribution in [2.45, 2.75) is 31.4 Å². The fourth-order valence-corrected chi connectivity index (χ4v) is 4.68. The van der Waals surface area contributed by atoms with Gasteiger partial charge in [0, 0.05) is 57.4 Å². The monoisotopic (exact) mass is 356 g/mol. The topological polar surface area (TPSA) is 32.8 Å². The maximum absolute atomic E-state index is 13.0. The molecule has 1 amide bonds. The Morgan fingerprint density at radius 1 is 1.33 bits per heavy atom. The molecule has 0 N–H and O–H groups in total. The van der Waals surface area contributed by atoms with Gasteiger partial charge in [0.25, 0.3) is 0 Å². The van der Waals surface area contributed by atoms with Crippen LogP contribution in [-0.4, -0.2) is 60.5 Å². The van der Waals surface area contributed by atoms with Gasteiger partial charge in [0.15, 0.2) is 0 Å². The second kappa shape index (κ2) is 6.35. The average molecular weight is 356 g/mol. The first-order valence-corrected chi connectivity index (χ1v) is 9.46. The summed E-state index contributed by atoms with van der Waals surface area (Å²) in [6.45, 7) is 4.54. The van der Waals surface area contributed by atoms with E-state index < -0.39 is 11.8 Å². The van der Waals surface area contributed by atoms with Crippen molar-refractivity contribution in [1.82, 2.24) is 9.80 Å². The lowest BCUT2D eigenvalue weighted by atomic mass is 9.80. The van der Waals surface area contributed by atoms with E-state index in [1.165, 1.54) is 5.56 Å². The zero-order valence-corrected chi connectivity index (χ0v) is 14.3. The van der Waals surface area contributed by atoms with Gasteiger partial charge in [0.2, 0.25) is 11.8 Å². The van der Waals surface area contributed by atoms with Gasteiger partial charge in [-0.1, -0.05) is 0 Å². The van der Waals surface area contributed by atoms with Crippen molar-refractivity contribution < 1.29 is 18.3 Å². The largest absolute Gasteiger partial charge is 0.375 e. The Kier molecular flexibility index (Phi) is 4.34. The van der Waals surface area contributed by atoms with Crippen LogP contribution in [-0.2, 0) is 16.1 Å². The molecule has 24 heavy (non-hydrogen) atoms.